The van der Waals surface area contributed by atoms with Gasteiger partial charge < -0.3 is 10.1 Å². The zero-order valence-electron chi connectivity index (χ0n) is 13.4. The van der Waals surface area contributed by atoms with E-state index >= 15 is 0 Å². The van der Waals surface area contributed by atoms with Crippen molar-refractivity contribution in [3.8, 4) is 5.75 Å². The van der Waals surface area contributed by atoms with Crippen LogP contribution < -0.4 is 10.1 Å². The molecule has 124 valence electrons. The van der Waals surface area contributed by atoms with Crippen molar-refractivity contribution in [2.75, 3.05) is 19.0 Å². The number of amides is 2. The molecule has 0 saturated carbocycles. The van der Waals surface area contributed by atoms with E-state index in [-0.39, 0.29) is 16.6 Å². The summed E-state index contributed by atoms with van der Waals surface area (Å²) in [5.41, 5.74) is 0.810. The molecule has 5 nitrogen and oxygen atoms in total. The molecule has 0 fully saturated rings. The molecule has 2 rings (SSSR count). The maximum Gasteiger partial charge on any atom is 0.278 e. The minimum Gasteiger partial charge on any atom is -0.497 e. The van der Waals surface area contributed by atoms with Crippen LogP contribution >= 0.6 is 11.6 Å². The third-order valence-corrected chi connectivity index (χ3v) is 4.06. The van der Waals surface area contributed by atoms with Gasteiger partial charge in [0, 0.05) is 12.2 Å². The standard InChI is InChI=1S/C17H21ClN2O3/c1-3-4-5-6-11-20-16(21)14(18)15(17(20)22)19-12-7-9-13(23-2)10-8-12/h7-10,19H,3-6,11H2,1-2H3. The first kappa shape index (κ1) is 17.3. The van der Waals surface area contributed by atoms with Crippen molar-refractivity contribution in [1.29, 1.82) is 0 Å². The number of ether oxygens (including phenoxy) is 1. The van der Waals surface area contributed by atoms with Crippen LogP contribution in [0.4, 0.5) is 5.69 Å². The van der Waals surface area contributed by atoms with E-state index in [1.807, 2.05) is 0 Å². The fourth-order valence-corrected chi connectivity index (χ4v) is 2.60. The Labute approximate surface area is 141 Å². The average Bonchev–Trinajstić information content (AvgIpc) is 2.77. The van der Waals surface area contributed by atoms with Crippen LogP contribution in [0.25, 0.3) is 0 Å². The summed E-state index contributed by atoms with van der Waals surface area (Å²) in [5, 5.41) is 2.88. The highest BCUT2D eigenvalue weighted by atomic mass is 35.5. The minimum absolute atomic E-state index is 0.0543. The lowest BCUT2D eigenvalue weighted by Crippen LogP contribution is -2.33. The summed E-state index contributed by atoms with van der Waals surface area (Å²) in [5.74, 6) is -0.0847. The van der Waals surface area contributed by atoms with Crippen molar-refractivity contribution in [2.45, 2.75) is 32.6 Å². The molecule has 6 heteroatoms. The van der Waals surface area contributed by atoms with Gasteiger partial charge in [-0.1, -0.05) is 37.8 Å². The summed E-state index contributed by atoms with van der Waals surface area (Å²) in [6, 6.07) is 7.05. The summed E-state index contributed by atoms with van der Waals surface area (Å²) in [6.07, 6.45) is 3.98. The monoisotopic (exact) mass is 336 g/mol. The van der Waals surface area contributed by atoms with Crippen LogP contribution in [0.1, 0.15) is 32.6 Å². The fraction of sp³-hybridized carbons (Fsp3) is 0.412. The molecule has 23 heavy (non-hydrogen) atoms. The number of methoxy groups -OCH3 is 1. The number of carbonyl (C=O) groups is 2. The van der Waals surface area contributed by atoms with Crippen molar-refractivity contribution >= 4 is 29.1 Å². The number of nitrogens with zero attached hydrogens (tertiary/aromatic N) is 1. The normalized spacial score (nSPS) is 14.7. The predicted octanol–water partition coefficient (Wildman–Crippen LogP) is 3.51. The van der Waals surface area contributed by atoms with Gasteiger partial charge in [-0.3, -0.25) is 14.5 Å². The molecule has 0 unspecified atom stereocenters. The van der Waals surface area contributed by atoms with Gasteiger partial charge in [-0.25, -0.2) is 0 Å². The Morgan fingerprint density at radius 1 is 1.09 bits per heavy atom. The molecule has 0 aromatic heterocycles. The number of benzene rings is 1. The second kappa shape index (κ2) is 8.02. The van der Waals surface area contributed by atoms with E-state index in [2.05, 4.69) is 12.2 Å². The highest BCUT2D eigenvalue weighted by molar-refractivity contribution is 6.48. The van der Waals surface area contributed by atoms with Crippen LogP contribution in [-0.4, -0.2) is 30.4 Å². The summed E-state index contributed by atoms with van der Waals surface area (Å²) >= 11 is 6.05. The first-order valence-corrected chi connectivity index (χ1v) is 8.13. The summed E-state index contributed by atoms with van der Waals surface area (Å²) < 4.78 is 5.08. The van der Waals surface area contributed by atoms with Gasteiger partial charge in [0.1, 0.15) is 16.5 Å². The van der Waals surface area contributed by atoms with Gasteiger partial charge in [-0.15, -0.1) is 0 Å². The molecule has 0 aliphatic carbocycles. The van der Waals surface area contributed by atoms with Gasteiger partial charge in [0.05, 0.1) is 7.11 Å². The van der Waals surface area contributed by atoms with Crippen LogP contribution in [-0.2, 0) is 9.59 Å². The predicted molar refractivity (Wildman–Crippen MR) is 90.4 cm³/mol. The summed E-state index contributed by atoms with van der Waals surface area (Å²) in [6.45, 7) is 2.52. The van der Waals surface area contributed by atoms with Crippen molar-refractivity contribution in [3.05, 3.63) is 35.0 Å². The highest BCUT2D eigenvalue weighted by Crippen LogP contribution is 2.26. The number of hydrogen-bond acceptors (Lipinski definition) is 4. The van der Waals surface area contributed by atoms with E-state index in [9.17, 15) is 9.59 Å². The molecule has 0 bridgehead atoms. The third-order valence-electron chi connectivity index (χ3n) is 3.71. The molecule has 1 aliphatic rings. The molecule has 2 amide bonds. The first-order chi connectivity index (χ1) is 11.1. The molecule has 0 spiro atoms. The van der Waals surface area contributed by atoms with Crippen molar-refractivity contribution in [3.63, 3.8) is 0 Å². The molecular weight excluding hydrogens is 316 g/mol. The molecule has 1 aliphatic heterocycles. The van der Waals surface area contributed by atoms with Gasteiger partial charge in [0.2, 0.25) is 0 Å². The van der Waals surface area contributed by atoms with Crippen molar-refractivity contribution < 1.29 is 14.3 Å². The lowest BCUT2D eigenvalue weighted by atomic mass is 10.2. The Morgan fingerprint density at radius 2 is 1.78 bits per heavy atom. The van der Waals surface area contributed by atoms with Gasteiger partial charge >= 0.3 is 0 Å². The Morgan fingerprint density at radius 3 is 2.39 bits per heavy atom. The van der Waals surface area contributed by atoms with E-state index in [0.717, 1.165) is 25.7 Å². The van der Waals surface area contributed by atoms with Crippen LogP contribution in [0.3, 0.4) is 0 Å². The highest BCUT2D eigenvalue weighted by Gasteiger charge is 2.37. The molecule has 0 saturated heterocycles. The maximum atomic E-state index is 12.4. The second-order valence-electron chi connectivity index (χ2n) is 5.37. The number of halogens is 1. The van der Waals surface area contributed by atoms with Crippen LogP contribution in [0.2, 0.25) is 0 Å². The summed E-state index contributed by atoms with van der Waals surface area (Å²) in [7, 11) is 1.58. The molecule has 0 atom stereocenters. The number of nitrogens with one attached hydrogen (secondary N) is 1. The van der Waals surface area contributed by atoms with E-state index in [1.165, 1.54) is 4.90 Å². The third kappa shape index (κ3) is 4.05. The SMILES string of the molecule is CCCCCCN1C(=O)C(Cl)=C(Nc2ccc(OC)cc2)C1=O. The van der Waals surface area contributed by atoms with E-state index in [1.54, 1.807) is 31.4 Å². The van der Waals surface area contributed by atoms with E-state index in [0.29, 0.717) is 18.0 Å². The second-order valence-corrected chi connectivity index (χ2v) is 5.74. The smallest absolute Gasteiger partial charge is 0.278 e. The molecule has 1 aromatic rings. The van der Waals surface area contributed by atoms with Crippen molar-refractivity contribution in [1.82, 2.24) is 4.90 Å². The van der Waals surface area contributed by atoms with Gasteiger partial charge in [-0.2, -0.15) is 0 Å². The fourth-order valence-electron chi connectivity index (χ4n) is 2.37. The molecule has 1 N–H and O–H groups in total. The van der Waals surface area contributed by atoms with Crippen LogP contribution in [0, 0.1) is 0 Å². The number of imide groups is 1. The Balaban J connectivity index is 2.03. The topological polar surface area (TPSA) is 58.6 Å². The van der Waals surface area contributed by atoms with Gasteiger partial charge in [0.25, 0.3) is 11.8 Å². The zero-order chi connectivity index (χ0) is 16.8. The van der Waals surface area contributed by atoms with Crippen LogP contribution in [0.15, 0.2) is 35.0 Å². The molecule has 0 radical (unpaired) electrons. The lowest BCUT2D eigenvalue weighted by Gasteiger charge is -2.14. The molecule has 1 aromatic carbocycles. The number of hydrogen-bond donors (Lipinski definition) is 1. The van der Waals surface area contributed by atoms with E-state index < -0.39 is 5.91 Å². The number of anilines is 1. The maximum absolute atomic E-state index is 12.4. The number of carbonyl (C=O) groups excluding carboxylic acids is 2. The number of unbranched alkanes of at least 4 members (excludes halogenated alkanes) is 3. The lowest BCUT2D eigenvalue weighted by molar-refractivity contribution is -0.137. The molecule has 1 heterocycles. The zero-order valence-corrected chi connectivity index (χ0v) is 14.2. The van der Waals surface area contributed by atoms with Crippen LogP contribution in [0.5, 0.6) is 5.75 Å². The van der Waals surface area contributed by atoms with Gasteiger partial charge in [0.15, 0.2) is 0 Å². The summed E-state index contributed by atoms with van der Waals surface area (Å²) in [4.78, 5) is 25.7. The Bertz CT molecular complexity index is 611. The van der Waals surface area contributed by atoms with Crippen molar-refractivity contribution in [2.24, 2.45) is 0 Å². The minimum atomic E-state index is -0.427. The molecular formula is C17H21ClN2O3. The number of rotatable bonds is 8. The average molecular weight is 337 g/mol. The van der Waals surface area contributed by atoms with Gasteiger partial charge in [-0.05, 0) is 30.7 Å². The quantitative estimate of drug-likeness (QED) is 0.583. The largest absolute Gasteiger partial charge is 0.497 e. The van der Waals surface area contributed by atoms with E-state index in [4.69, 9.17) is 16.3 Å². The Hall–Kier alpha value is -2.01. The Kier molecular flexibility index (Phi) is 6.04. The first-order valence-electron chi connectivity index (χ1n) is 7.75.